The summed E-state index contributed by atoms with van der Waals surface area (Å²) in [6.07, 6.45) is 3.81. The summed E-state index contributed by atoms with van der Waals surface area (Å²) < 4.78 is 25.8. The van der Waals surface area contributed by atoms with E-state index in [0.717, 1.165) is 71.5 Å². The highest BCUT2D eigenvalue weighted by atomic mass is 32.2. The van der Waals surface area contributed by atoms with Crippen molar-refractivity contribution in [1.29, 1.82) is 0 Å². The molecule has 4 aromatic rings. The first-order chi connectivity index (χ1) is 17.7. The third-order valence-corrected chi connectivity index (χ3v) is 8.93. The largest absolute Gasteiger partial charge is 0.378 e. The van der Waals surface area contributed by atoms with Gasteiger partial charge in [0.05, 0.1) is 16.1 Å². The van der Waals surface area contributed by atoms with Crippen molar-refractivity contribution in [3.63, 3.8) is 0 Å². The quantitative estimate of drug-likeness (QED) is 0.364. The number of fused-ring (bicyclic) bond motifs is 1. The van der Waals surface area contributed by atoms with Gasteiger partial charge in [0.2, 0.25) is 0 Å². The van der Waals surface area contributed by atoms with Crippen molar-refractivity contribution >= 4 is 20.7 Å². The summed E-state index contributed by atoms with van der Waals surface area (Å²) in [6, 6.07) is 20.1. The molecular formula is C30H35N3O3S. The smallest absolute Gasteiger partial charge is 0.175 e. The molecule has 5 rings (SSSR count). The molecule has 6 nitrogen and oxygen atoms in total. The van der Waals surface area contributed by atoms with E-state index in [1.54, 1.807) is 12.1 Å². The molecule has 1 atom stereocenters. The zero-order chi connectivity index (χ0) is 26.3. The third kappa shape index (κ3) is 5.08. The van der Waals surface area contributed by atoms with Gasteiger partial charge in [-0.3, -0.25) is 9.88 Å². The molecule has 7 heteroatoms. The topological polar surface area (TPSA) is 75.4 Å². The first-order valence-electron chi connectivity index (χ1n) is 13.0. The lowest BCUT2D eigenvalue weighted by Crippen LogP contribution is -2.40. The highest BCUT2D eigenvalue weighted by molar-refractivity contribution is 7.90. The second-order valence-corrected chi connectivity index (χ2v) is 12.2. The molecule has 1 saturated heterocycles. The standard InChI is InChI=1S/C30H35N3O3S/c1-5-30(34)33-16-14-22(15-17-33)21-6-8-23(9-7-21)27-19-29-26(20(2)31-27)18-28(32(29)3)24-10-12-25(13-11-24)37(4,35)36/h6-13,18-19,22,30,34H,5,14-17H2,1-4H3. The number of rotatable bonds is 6. The van der Waals surface area contributed by atoms with Crippen molar-refractivity contribution < 1.29 is 13.5 Å². The van der Waals surface area contributed by atoms with Crippen molar-refractivity contribution in [2.45, 2.75) is 50.2 Å². The average molecular weight is 518 g/mol. The van der Waals surface area contributed by atoms with Crippen LogP contribution in [0.1, 0.15) is 43.4 Å². The van der Waals surface area contributed by atoms with Gasteiger partial charge in [0.25, 0.3) is 0 Å². The number of sulfone groups is 1. The maximum atomic E-state index is 11.8. The molecule has 0 aliphatic carbocycles. The minimum Gasteiger partial charge on any atom is -0.378 e. The molecule has 0 bridgehead atoms. The van der Waals surface area contributed by atoms with Gasteiger partial charge in [-0.15, -0.1) is 0 Å². The Morgan fingerprint density at radius 3 is 2.22 bits per heavy atom. The van der Waals surface area contributed by atoms with E-state index < -0.39 is 9.84 Å². The van der Waals surface area contributed by atoms with Crippen LogP contribution in [0.25, 0.3) is 33.4 Å². The number of hydrogen-bond acceptors (Lipinski definition) is 5. The van der Waals surface area contributed by atoms with Crippen LogP contribution in [0.2, 0.25) is 0 Å². The number of aliphatic hydroxyl groups excluding tert-OH is 1. The number of likely N-dealkylation sites (tertiary alicyclic amines) is 1. The van der Waals surface area contributed by atoms with Gasteiger partial charge >= 0.3 is 0 Å². The Labute approximate surface area is 219 Å². The Morgan fingerprint density at radius 1 is 1.00 bits per heavy atom. The monoisotopic (exact) mass is 517 g/mol. The summed E-state index contributed by atoms with van der Waals surface area (Å²) in [6.45, 7) is 5.93. The summed E-state index contributed by atoms with van der Waals surface area (Å²) in [5.74, 6) is 0.524. The molecule has 0 amide bonds. The van der Waals surface area contributed by atoms with Crippen LogP contribution in [0.3, 0.4) is 0 Å². The number of aromatic nitrogens is 2. The number of aliphatic hydroxyl groups is 1. The van der Waals surface area contributed by atoms with Crippen LogP contribution in [-0.2, 0) is 16.9 Å². The van der Waals surface area contributed by atoms with E-state index in [1.165, 1.54) is 11.8 Å². The second-order valence-electron chi connectivity index (χ2n) is 10.2. The van der Waals surface area contributed by atoms with E-state index in [1.807, 2.05) is 33.0 Å². The lowest BCUT2D eigenvalue weighted by atomic mass is 9.88. The van der Waals surface area contributed by atoms with E-state index in [9.17, 15) is 13.5 Å². The maximum Gasteiger partial charge on any atom is 0.175 e. The number of nitrogens with zero attached hydrogens (tertiary/aromatic N) is 3. The number of aryl methyl sites for hydroxylation is 2. The Hall–Kier alpha value is -3.00. The molecule has 1 aliphatic heterocycles. The molecule has 1 N–H and O–H groups in total. The Bertz CT molecular complexity index is 1520. The van der Waals surface area contributed by atoms with Gasteiger partial charge in [-0.25, -0.2) is 8.42 Å². The van der Waals surface area contributed by atoms with Crippen LogP contribution in [-0.4, -0.2) is 53.5 Å². The summed E-state index contributed by atoms with van der Waals surface area (Å²) in [5, 5.41) is 11.2. The fraction of sp³-hybridized carbons (Fsp3) is 0.367. The predicted molar refractivity (Wildman–Crippen MR) is 149 cm³/mol. The molecule has 2 aromatic heterocycles. The lowest BCUT2D eigenvalue weighted by Gasteiger charge is -2.35. The van der Waals surface area contributed by atoms with Gasteiger partial charge in [-0.05, 0) is 67.5 Å². The summed E-state index contributed by atoms with van der Waals surface area (Å²) in [5.41, 5.74) is 7.43. The molecule has 0 spiro atoms. The fourth-order valence-corrected chi connectivity index (χ4v) is 6.13. The first kappa shape index (κ1) is 25.6. The predicted octanol–water partition coefficient (Wildman–Crippen LogP) is 5.53. The van der Waals surface area contributed by atoms with E-state index in [-0.39, 0.29) is 6.23 Å². The van der Waals surface area contributed by atoms with Gasteiger partial charge in [0.1, 0.15) is 6.23 Å². The number of benzene rings is 2. The Balaban J connectivity index is 1.40. The van der Waals surface area contributed by atoms with E-state index in [0.29, 0.717) is 10.8 Å². The lowest BCUT2D eigenvalue weighted by molar-refractivity contribution is -0.0131. The van der Waals surface area contributed by atoms with Crippen LogP contribution in [0, 0.1) is 6.92 Å². The second kappa shape index (κ2) is 10.0. The van der Waals surface area contributed by atoms with Gasteiger partial charge in [-0.2, -0.15) is 0 Å². The molecule has 0 radical (unpaired) electrons. The molecular weight excluding hydrogens is 482 g/mol. The molecule has 1 fully saturated rings. The first-order valence-corrected chi connectivity index (χ1v) is 14.8. The van der Waals surface area contributed by atoms with Crippen LogP contribution in [0.5, 0.6) is 0 Å². The molecule has 1 aliphatic rings. The molecule has 194 valence electrons. The summed E-state index contributed by atoms with van der Waals surface area (Å²) >= 11 is 0. The van der Waals surface area contributed by atoms with Crippen molar-refractivity contribution in [2.24, 2.45) is 7.05 Å². The average Bonchev–Trinajstić information content (AvgIpc) is 3.25. The van der Waals surface area contributed by atoms with Crippen molar-refractivity contribution in [3.05, 3.63) is 71.9 Å². The van der Waals surface area contributed by atoms with E-state index in [2.05, 4.69) is 45.9 Å². The maximum absolute atomic E-state index is 11.8. The minimum absolute atomic E-state index is 0.322. The zero-order valence-corrected chi connectivity index (χ0v) is 22.8. The van der Waals surface area contributed by atoms with Gasteiger partial charge < -0.3 is 9.67 Å². The molecule has 1 unspecified atom stereocenters. The Morgan fingerprint density at radius 2 is 1.62 bits per heavy atom. The highest BCUT2D eigenvalue weighted by Crippen LogP contribution is 2.34. The molecule has 37 heavy (non-hydrogen) atoms. The fourth-order valence-electron chi connectivity index (χ4n) is 5.50. The number of hydrogen-bond donors (Lipinski definition) is 1. The normalized spacial score (nSPS) is 16.4. The number of pyridine rings is 1. The summed E-state index contributed by atoms with van der Waals surface area (Å²) in [7, 11) is -1.19. The number of piperidine rings is 1. The van der Waals surface area contributed by atoms with Crippen molar-refractivity contribution in [3.8, 4) is 22.5 Å². The zero-order valence-electron chi connectivity index (χ0n) is 22.0. The van der Waals surface area contributed by atoms with E-state index >= 15 is 0 Å². The summed E-state index contributed by atoms with van der Waals surface area (Å²) in [4.78, 5) is 7.42. The van der Waals surface area contributed by atoms with Crippen LogP contribution in [0.15, 0.2) is 65.6 Å². The SMILES string of the molecule is CCC(O)N1CCC(c2ccc(-c3cc4c(cc(-c5ccc(S(C)(=O)=O)cc5)n4C)c(C)n3)cc2)CC1. The third-order valence-electron chi connectivity index (χ3n) is 7.80. The van der Waals surface area contributed by atoms with Crippen LogP contribution in [0.4, 0.5) is 0 Å². The molecule has 2 aromatic carbocycles. The van der Waals surface area contributed by atoms with Gasteiger partial charge in [-0.1, -0.05) is 43.3 Å². The van der Waals surface area contributed by atoms with Crippen molar-refractivity contribution in [1.82, 2.24) is 14.5 Å². The molecule has 3 heterocycles. The van der Waals surface area contributed by atoms with E-state index in [4.69, 9.17) is 4.98 Å². The highest BCUT2D eigenvalue weighted by Gasteiger charge is 2.24. The minimum atomic E-state index is -3.23. The van der Waals surface area contributed by atoms with Gasteiger partial charge in [0, 0.05) is 48.7 Å². The van der Waals surface area contributed by atoms with Gasteiger partial charge in [0.15, 0.2) is 9.84 Å². The van der Waals surface area contributed by atoms with Crippen molar-refractivity contribution in [2.75, 3.05) is 19.3 Å². The Kier molecular flexibility index (Phi) is 6.96. The molecule has 0 saturated carbocycles. The van der Waals surface area contributed by atoms with Crippen LogP contribution < -0.4 is 0 Å². The van der Waals surface area contributed by atoms with Crippen LogP contribution >= 0.6 is 0 Å².